The lowest BCUT2D eigenvalue weighted by atomic mass is 10.1. The standard InChI is InChI=1S/C25H21N5O2S/c31-24(28-15-18-6-3-7-19(14-18)16-30-13-5-12-29-30)23-21(17-33-25-26-10-4-11-27-25)20-8-1-2-9-22(20)32-23/h1-14H,15-17H2,(H,28,31). The van der Waals surface area contributed by atoms with E-state index in [1.165, 1.54) is 11.8 Å². The van der Waals surface area contributed by atoms with Crippen molar-refractivity contribution in [3.05, 3.63) is 108 Å². The number of carbonyl (C=O) groups is 1. The van der Waals surface area contributed by atoms with Gasteiger partial charge in [0, 0.05) is 48.0 Å². The molecule has 0 saturated carbocycles. The molecule has 0 aliphatic rings. The minimum absolute atomic E-state index is 0.242. The Balaban J connectivity index is 1.32. The van der Waals surface area contributed by atoms with E-state index in [9.17, 15) is 4.79 Å². The lowest BCUT2D eigenvalue weighted by molar-refractivity contribution is 0.0924. The minimum atomic E-state index is -0.242. The lowest BCUT2D eigenvalue weighted by Crippen LogP contribution is -2.23. The van der Waals surface area contributed by atoms with Crippen LogP contribution in [0.4, 0.5) is 0 Å². The molecule has 5 aromatic rings. The topological polar surface area (TPSA) is 85.8 Å². The normalized spacial score (nSPS) is 11.0. The Hall–Kier alpha value is -3.91. The predicted octanol–water partition coefficient (Wildman–Crippen LogP) is 4.69. The second-order valence-corrected chi connectivity index (χ2v) is 8.37. The first kappa shape index (κ1) is 21.0. The van der Waals surface area contributed by atoms with E-state index in [1.54, 1.807) is 24.7 Å². The molecule has 0 radical (unpaired) electrons. The van der Waals surface area contributed by atoms with Crippen molar-refractivity contribution in [2.45, 2.75) is 24.0 Å². The molecule has 2 aromatic carbocycles. The fourth-order valence-corrected chi connectivity index (χ4v) is 4.43. The van der Waals surface area contributed by atoms with Gasteiger partial charge in [-0.15, -0.1) is 0 Å². The van der Waals surface area contributed by atoms with E-state index in [1.807, 2.05) is 59.4 Å². The van der Waals surface area contributed by atoms with E-state index in [4.69, 9.17) is 4.42 Å². The highest BCUT2D eigenvalue weighted by atomic mass is 32.2. The van der Waals surface area contributed by atoms with Crippen LogP contribution in [-0.4, -0.2) is 25.7 Å². The highest BCUT2D eigenvalue weighted by Gasteiger charge is 2.20. The van der Waals surface area contributed by atoms with Gasteiger partial charge in [0.1, 0.15) is 5.58 Å². The fourth-order valence-electron chi connectivity index (χ4n) is 3.60. The van der Waals surface area contributed by atoms with Gasteiger partial charge in [0.05, 0.1) is 6.54 Å². The van der Waals surface area contributed by atoms with Crippen LogP contribution in [0.15, 0.2) is 95.0 Å². The number of amides is 1. The van der Waals surface area contributed by atoms with Crippen LogP contribution < -0.4 is 5.32 Å². The highest BCUT2D eigenvalue weighted by molar-refractivity contribution is 7.98. The molecule has 164 valence electrons. The molecule has 0 atom stereocenters. The van der Waals surface area contributed by atoms with Gasteiger partial charge < -0.3 is 9.73 Å². The second kappa shape index (κ2) is 9.70. The predicted molar refractivity (Wildman–Crippen MR) is 127 cm³/mol. The van der Waals surface area contributed by atoms with E-state index < -0.39 is 0 Å². The zero-order valence-electron chi connectivity index (χ0n) is 17.7. The first-order chi connectivity index (χ1) is 16.3. The molecule has 3 heterocycles. The third-order valence-electron chi connectivity index (χ3n) is 5.14. The summed E-state index contributed by atoms with van der Waals surface area (Å²) in [5.41, 5.74) is 3.66. The van der Waals surface area contributed by atoms with Crippen molar-refractivity contribution in [1.29, 1.82) is 0 Å². The van der Waals surface area contributed by atoms with Crippen LogP contribution in [0.2, 0.25) is 0 Å². The van der Waals surface area contributed by atoms with Crippen molar-refractivity contribution in [3.8, 4) is 0 Å². The van der Waals surface area contributed by atoms with Crippen LogP contribution >= 0.6 is 11.8 Å². The Morgan fingerprint density at radius 2 is 1.82 bits per heavy atom. The van der Waals surface area contributed by atoms with E-state index >= 15 is 0 Å². The fraction of sp³-hybridized carbons (Fsp3) is 0.120. The quantitative estimate of drug-likeness (QED) is 0.270. The third-order valence-corrected chi connectivity index (χ3v) is 6.04. The smallest absolute Gasteiger partial charge is 0.287 e. The summed E-state index contributed by atoms with van der Waals surface area (Å²) >= 11 is 1.47. The number of thioether (sulfide) groups is 1. The molecule has 3 aromatic heterocycles. The number of para-hydroxylation sites is 1. The molecule has 33 heavy (non-hydrogen) atoms. The minimum Gasteiger partial charge on any atom is -0.451 e. The molecule has 0 unspecified atom stereocenters. The average molecular weight is 456 g/mol. The molecule has 7 nitrogen and oxygen atoms in total. The second-order valence-electron chi connectivity index (χ2n) is 7.43. The van der Waals surface area contributed by atoms with Crippen molar-refractivity contribution in [1.82, 2.24) is 25.1 Å². The Morgan fingerprint density at radius 1 is 0.970 bits per heavy atom. The molecule has 0 fully saturated rings. The molecule has 0 spiro atoms. The molecular weight excluding hydrogens is 434 g/mol. The molecule has 8 heteroatoms. The van der Waals surface area contributed by atoms with Gasteiger partial charge >= 0.3 is 0 Å². The summed E-state index contributed by atoms with van der Waals surface area (Å²) in [6, 6.07) is 19.5. The van der Waals surface area contributed by atoms with E-state index in [0.717, 1.165) is 22.1 Å². The third kappa shape index (κ3) is 4.96. The summed E-state index contributed by atoms with van der Waals surface area (Å²) in [6.45, 7) is 1.08. The van der Waals surface area contributed by atoms with E-state index in [2.05, 4.69) is 26.4 Å². The zero-order chi connectivity index (χ0) is 22.5. The van der Waals surface area contributed by atoms with Crippen molar-refractivity contribution in [2.24, 2.45) is 0 Å². The van der Waals surface area contributed by atoms with Gasteiger partial charge in [-0.25, -0.2) is 9.97 Å². The maximum atomic E-state index is 13.1. The summed E-state index contributed by atoms with van der Waals surface area (Å²) in [7, 11) is 0. The maximum Gasteiger partial charge on any atom is 0.287 e. The summed E-state index contributed by atoms with van der Waals surface area (Å²) in [5.74, 6) is 0.615. The number of nitrogens with zero attached hydrogens (tertiary/aromatic N) is 4. The van der Waals surface area contributed by atoms with Gasteiger partial charge in [-0.05, 0) is 29.3 Å². The summed E-state index contributed by atoms with van der Waals surface area (Å²) < 4.78 is 7.82. The number of hydrogen-bond acceptors (Lipinski definition) is 6. The number of rotatable bonds is 8. The molecule has 0 saturated heterocycles. The van der Waals surface area contributed by atoms with Gasteiger partial charge in [-0.2, -0.15) is 5.10 Å². The Kier molecular flexibility index (Phi) is 6.16. The SMILES string of the molecule is O=C(NCc1cccc(Cn2cccn2)c1)c1oc2ccccc2c1CSc1ncccn1. The average Bonchev–Trinajstić information content (AvgIpc) is 3.50. The maximum absolute atomic E-state index is 13.1. The van der Waals surface area contributed by atoms with E-state index in [0.29, 0.717) is 35.3 Å². The Labute approximate surface area is 194 Å². The first-order valence-electron chi connectivity index (χ1n) is 10.5. The zero-order valence-corrected chi connectivity index (χ0v) is 18.5. The van der Waals surface area contributed by atoms with Crippen molar-refractivity contribution in [3.63, 3.8) is 0 Å². The number of aromatic nitrogens is 4. The number of nitrogens with one attached hydrogen (secondary N) is 1. The van der Waals surface area contributed by atoms with Crippen LogP contribution in [-0.2, 0) is 18.8 Å². The van der Waals surface area contributed by atoms with Gasteiger partial charge in [0.25, 0.3) is 5.91 Å². The van der Waals surface area contributed by atoms with Gasteiger partial charge in [-0.1, -0.05) is 54.2 Å². The summed E-state index contributed by atoms with van der Waals surface area (Å²) in [4.78, 5) is 21.6. The number of furan rings is 1. The van der Waals surface area contributed by atoms with Gasteiger partial charge in [0.2, 0.25) is 0 Å². The number of hydrogen-bond donors (Lipinski definition) is 1. The molecule has 0 bridgehead atoms. The molecule has 1 N–H and O–H groups in total. The lowest BCUT2D eigenvalue weighted by Gasteiger charge is -2.08. The number of benzene rings is 2. The van der Waals surface area contributed by atoms with Gasteiger partial charge in [0.15, 0.2) is 10.9 Å². The molecule has 0 aliphatic heterocycles. The van der Waals surface area contributed by atoms with Crippen LogP contribution in [0.5, 0.6) is 0 Å². The highest BCUT2D eigenvalue weighted by Crippen LogP contribution is 2.31. The van der Waals surface area contributed by atoms with Crippen molar-refractivity contribution < 1.29 is 9.21 Å². The van der Waals surface area contributed by atoms with Crippen molar-refractivity contribution >= 4 is 28.6 Å². The Morgan fingerprint density at radius 3 is 2.67 bits per heavy atom. The first-order valence-corrected chi connectivity index (χ1v) is 11.5. The van der Waals surface area contributed by atoms with Gasteiger partial charge in [-0.3, -0.25) is 9.48 Å². The van der Waals surface area contributed by atoms with Crippen LogP contribution in [0.25, 0.3) is 11.0 Å². The molecule has 5 rings (SSSR count). The van der Waals surface area contributed by atoms with Crippen LogP contribution in [0.3, 0.4) is 0 Å². The monoisotopic (exact) mass is 455 g/mol. The summed E-state index contributed by atoms with van der Waals surface area (Å²) in [6.07, 6.45) is 7.10. The largest absolute Gasteiger partial charge is 0.451 e. The van der Waals surface area contributed by atoms with E-state index in [-0.39, 0.29) is 5.91 Å². The molecule has 1 amide bonds. The van der Waals surface area contributed by atoms with Crippen LogP contribution in [0.1, 0.15) is 27.2 Å². The molecular formula is C25H21N5O2S. The Bertz CT molecular complexity index is 1370. The number of fused-ring (bicyclic) bond motifs is 1. The summed E-state index contributed by atoms with van der Waals surface area (Å²) in [5, 5.41) is 8.83. The van der Waals surface area contributed by atoms with Crippen LogP contribution in [0, 0.1) is 0 Å². The van der Waals surface area contributed by atoms with Crippen molar-refractivity contribution in [2.75, 3.05) is 0 Å². The number of carbonyl (C=O) groups excluding carboxylic acids is 1. The molecule has 0 aliphatic carbocycles.